The highest BCUT2D eigenvalue weighted by atomic mass is 19.1. The minimum atomic E-state index is -0.553. The molecule has 4 nitrogen and oxygen atoms in total. The van der Waals surface area contributed by atoms with E-state index in [1.807, 2.05) is 13.0 Å². The summed E-state index contributed by atoms with van der Waals surface area (Å²) in [5.74, 6) is -0.432. The number of piperidine rings is 1. The van der Waals surface area contributed by atoms with Crippen molar-refractivity contribution in [3.63, 3.8) is 0 Å². The van der Waals surface area contributed by atoms with Crippen LogP contribution in [-0.4, -0.2) is 43.6 Å². The van der Waals surface area contributed by atoms with Gasteiger partial charge in [-0.05, 0) is 30.0 Å². The summed E-state index contributed by atoms with van der Waals surface area (Å²) in [6.45, 7) is 5.51. The van der Waals surface area contributed by atoms with Gasteiger partial charge in [-0.15, -0.1) is 0 Å². The molecule has 1 heterocycles. The zero-order valence-corrected chi connectivity index (χ0v) is 17.2. The Balaban J connectivity index is 1.43. The Bertz CT molecular complexity index is 802. The first kappa shape index (κ1) is 21.2. The van der Waals surface area contributed by atoms with Crippen LogP contribution in [0.2, 0.25) is 0 Å². The van der Waals surface area contributed by atoms with E-state index in [4.69, 9.17) is 0 Å². The number of likely N-dealkylation sites (tertiary alicyclic amines) is 1. The molecule has 1 fully saturated rings. The zero-order valence-electron chi connectivity index (χ0n) is 17.2. The molecule has 0 radical (unpaired) electrons. The van der Waals surface area contributed by atoms with E-state index < -0.39 is 11.6 Å². The summed E-state index contributed by atoms with van der Waals surface area (Å²) in [5, 5.41) is 6.75. The summed E-state index contributed by atoms with van der Waals surface area (Å²) in [5.41, 5.74) is 1.85. The average Bonchev–Trinajstić information content (AvgIpc) is 2.73. The monoisotopic (exact) mass is 400 g/mol. The van der Waals surface area contributed by atoms with E-state index in [1.165, 1.54) is 17.7 Å². The molecular weight excluding hydrogens is 370 g/mol. The van der Waals surface area contributed by atoms with Crippen LogP contribution in [0.3, 0.4) is 0 Å². The third-order valence-corrected chi connectivity index (χ3v) is 5.47. The molecule has 0 saturated carbocycles. The molecule has 6 heteroatoms. The Morgan fingerprint density at radius 2 is 1.86 bits per heavy atom. The molecular formula is C23H30F2N4. The molecule has 0 spiro atoms. The summed E-state index contributed by atoms with van der Waals surface area (Å²) >= 11 is 0. The maximum atomic E-state index is 14.0. The molecule has 1 atom stereocenters. The second kappa shape index (κ2) is 10.3. The van der Waals surface area contributed by atoms with Gasteiger partial charge in [-0.1, -0.05) is 43.3 Å². The van der Waals surface area contributed by atoms with E-state index in [0.29, 0.717) is 18.2 Å². The van der Waals surface area contributed by atoms with Crippen molar-refractivity contribution in [2.45, 2.75) is 38.3 Å². The first-order chi connectivity index (χ1) is 14.0. The molecule has 1 aliphatic heterocycles. The van der Waals surface area contributed by atoms with E-state index in [1.54, 1.807) is 7.05 Å². The lowest BCUT2D eigenvalue weighted by atomic mass is 10.0. The number of rotatable bonds is 6. The minimum absolute atomic E-state index is 0.0955. The molecule has 0 aromatic heterocycles. The summed E-state index contributed by atoms with van der Waals surface area (Å²) in [6, 6.07) is 14.6. The highest BCUT2D eigenvalue weighted by molar-refractivity contribution is 5.80. The smallest absolute Gasteiger partial charge is 0.191 e. The number of hydrogen-bond acceptors (Lipinski definition) is 2. The van der Waals surface area contributed by atoms with Crippen molar-refractivity contribution in [2.24, 2.45) is 4.99 Å². The van der Waals surface area contributed by atoms with Gasteiger partial charge in [0.1, 0.15) is 11.6 Å². The summed E-state index contributed by atoms with van der Waals surface area (Å²) in [7, 11) is 1.74. The second-order valence-electron chi connectivity index (χ2n) is 7.70. The molecule has 1 saturated heterocycles. The zero-order chi connectivity index (χ0) is 20.6. The van der Waals surface area contributed by atoms with Crippen LogP contribution < -0.4 is 10.6 Å². The summed E-state index contributed by atoms with van der Waals surface area (Å²) in [6.07, 6.45) is 2.10. The number of aliphatic imine (C=N–C) groups is 1. The van der Waals surface area contributed by atoms with Gasteiger partial charge in [0.2, 0.25) is 0 Å². The van der Waals surface area contributed by atoms with Gasteiger partial charge in [-0.3, -0.25) is 9.89 Å². The lowest BCUT2D eigenvalue weighted by molar-refractivity contribution is 0.198. The van der Waals surface area contributed by atoms with Crippen LogP contribution in [0.4, 0.5) is 8.78 Å². The molecule has 0 amide bonds. The fraction of sp³-hybridized carbons (Fsp3) is 0.435. The Morgan fingerprint density at radius 3 is 2.52 bits per heavy atom. The number of nitrogens with zero attached hydrogens (tertiary/aromatic N) is 2. The molecule has 2 aromatic rings. The van der Waals surface area contributed by atoms with Crippen molar-refractivity contribution in [3.05, 3.63) is 71.3 Å². The van der Waals surface area contributed by atoms with Gasteiger partial charge < -0.3 is 10.6 Å². The van der Waals surface area contributed by atoms with Gasteiger partial charge in [-0.25, -0.2) is 8.78 Å². The number of guanidine groups is 1. The quantitative estimate of drug-likeness (QED) is 0.571. The first-order valence-electron chi connectivity index (χ1n) is 10.2. The van der Waals surface area contributed by atoms with Crippen molar-refractivity contribution in [1.82, 2.24) is 15.5 Å². The number of benzene rings is 2. The van der Waals surface area contributed by atoms with Gasteiger partial charge in [0.05, 0.1) is 0 Å². The van der Waals surface area contributed by atoms with E-state index in [9.17, 15) is 8.78 Å². The number of nitrogens with one attached hydrogen (secondary N) is 2. The lowest BCUT2D eigenvalue weighted by Gasteiger charge is -2.33. The predicted octanol–water partition coefficient (Wildman–Crippen LogP) is 3.90. The average molecular weight is 401 g/mol. The Labute approximate surface area is 172 Å². The van der Waals surface area contributed by atoms with Crippen molar-refractivity contribution in [1.29, 1.82) is 0 Å². The number of hydrogen-bond donors (Lipinski definition) is 2. The SMILES string of the molecule is CN=C(NCC(C)c1ccc(F)cc1F)NC1CCN(Cc2ccccc2)CC1. The van der Waals surface area contributed by atoms with E-state index in [2.05, 4.69) is 44.8 Å². The van der Waals surface area contributed by atoms with Crippen molar-refractivity contribution >= 4 is 5.96 Å². The molecule has 1 aliphatic rings. The molecule has 2 aromatic carbocycles. The predicted molar refractivity (Wildman–Crippen MR) is 114 cm³/mol. The third kappa shape index (κ3) is 6.26. The molecule has 29 heavy (non-hydrogen) atoms. The minimum Gasteiger partial charge on any atom is -0.356 e. The summed E-state index contributed by atoms with van der Waals surface area (Å²) in [4.78, 5) is 6.77. The van der Waals surface area contributed by atoms with Gasteiger partial charge in [0.15, 0.2) is 5.96 Å². The van der Waals surface area contributed by atoms with Crippen molar-refractivity contribution < 1.29 is 8.78 Å². The van der Waals surface area contributed by atoms with Crippen molar-refractivity contribution in [2.75, 3.05) is 26.7 Å². The highest BCUT2D eigenvalue weighted by Crippen LogP contribution is 2.19. The van der Waals surface area contributed by atoms with Crippen LogP contribution in [0.1, 0.15) is 36.8 Å². The van der Waals surface area contributed by atoms with Crippen LogP contribution in [0.25, 0.3) is 0 Å². The van der Waals surface area contributed by atoms with Crippen LogP contribution >= 0.6 is 0 Å². The topological polar surface area (TPSA) is 39.7 Å². The maximum absolute atomic E-state index is 14.0. The molecule has 0 aliphatic carbocycles. The standard InChI is InChI=1S/C23H30F2N4/c1-17(21-9-8-19(24)14-22(21)25)15-27-23(26-2)28-20-10-12-29(13-11-20)16-18-6-4-3-5-7-18/h3-9,14,17,20H,10-13,15-16H2,1-2H3,(H2,26,27,28). The van der Waals surface area contributed by atoms with Gasteiger partial charge >= 0.3 is 0 Å². The van der Waals surface area contributed by atoms with Crippen LogP contribution in [0.15, 0.2) is 53.5 Å². The molecule has 3 rings (SSSR count). The van der Waals surface area contributed by atoms with E-state index in [0.717, 1.165) is 44.5 Å². The van der Waals surface area contributed by atoms with E-state index in [-0.39, 0.29) is 5.92 Å². The first-order valence-corrected chi connectivity index (χ1v) is 10.2. The Hall–Kier alpha value is -2.47. The van der Waals surface area contributed by atoms with Gasteiger partial charge in [0.25, 0.3) is 0 Å². The normalized spacial score (nSPS) is 17.2. The highest BCUT2D eigenvalue weighted by Gasteiger charge is 2.20. The molecule has 1 unspecified atom stereocenters. The second-order valence-corrected chi connectivity index (χ2v) is 7.70. The maximum Gasteiger partial charge on any atom is 0.191 e. The van der Waals surface area contributed by atoms with E-state index >= 15 is 0 Å². The fourth-order valence-electron chi connectivity index (χ4n) is 3.73. The molecule has 0 bridgehead atoms. The van der Waals surface area contributed by atoms with Crippen molar-refractivity contribution in [3.8, 4) is 0 Å². The number of halogens is 2. The Kier molecular flexibility index (Phi) is 7.58. The van der Waals surface area contributed by atoms with Gasteiger partial charge in [0, 0.05) is 51.3 Å². The van der Waals surface area contributed by atoms with Gasteiger partial charge in [-0.2, -0.15) is 0 Å². The molecule has 2 N–H and O–H groups in total. The fourth-order valence-corrected chi connectivity index (χ4v) is 3.73. The summed E-state index contributed by atoms with van der Waals surface area (Å²) < 4.78 is 27.1. The largest absolute Gasteiger partial charge is 0.356 e. The third-order valence-electron chi connectivity index (χ3n) is 5.47. The molecule has 156 valence electrons. The van der Waals surface area contributed by atoms with Crippen LogP contribution in [-0.2, 0) is 6.54 Å². The van der Waals surface area contributed by atoms with Crippen LogP contribution in [0, 0.1) is 11.6 Å². The Morgan fingerprint density at radius 1 is 1.14 bits per heavy atom. The lowest BCUT2D eigenvalue weighted by Crippen LogP contribution is -2.49. The van der Waals surface area contributed by atoms with Crippen LogP contribution in [0.5, 0.6) is 0 Å².